The first-order valence-corrected chi connectivity index (χ1v) is 8.30. The van der Waals surface area contributed by atoms with E-state index in [0.717, 1.165) is 5.56 Å². The van der Waals surface area contributed by atoms with Crippen molar-refractivity contribution in [3.8, 4) is 0 Å². The van der Waals surface area contributed by atoms with E-state index < -0.39 is 16.1 Å². The predicted octanol–water partition coefficient (Wildman–Crippen LogP) is 1.10. The van der Waals surface area contributed by atoms with Crippen LogP contribution in [-0.2, 0) is 10.0 Å². The molecule has 20 heavy (non-hydrogen) atoms. The fraction of sp³-hybridized carbons (Fsp3) is 0.571. The molecule has 1 heterocycles. The lowest BCUT2D eigenvalue weighted by atomic mass is 9.99. The number of aliphatic hydroxyl groups excluding tert-OH is 1. The van der Waals surface area contributed by atoms with E-state index in [1.165, 1.54) is 4.31 Å². The van der Waals surface area contributed by atoms with Gasteiger partial charge in [0.15, 0.2) is 0 Å². The van der Waals surface area contributed by atoms with Gasteiger partial charge in [0.05, 0.1) is 11.0 Å². The van der Waals surface area contributed by atoms with Crippen LogP contribution in [-0.4, -0.2) is 37.0 Å². The summed E-state index contributed by atoms with van der Waals surface area (Å²) in [5, 5.41) is 9.69. The van der Waals surface area contributed by atoms with Gasteiger partial charge in [-0.15, -0.1) is 0 Å². The lowest BCUT2D eigenvalue weighted by Gasteiger charge is -2.33. The van der Waals surface area contributed by atoms with E-state index in [1.54, 1.807) is 24.3 Å². The fourth-order valence-corrected chi connectivity index (χ4v) is 3.96. The summed E-state index contributed by atoms with van der Waals surface area (Å²) in [5.74, 6) is -0.0399. The maximum atomic E-state index is 12.5. The standard InChI is InChI=1S/C14H22N2O3S/c1-10-9-16(8-7-14(10)17)20(18,19)13-5-3-12(4-6-13)11(2)15/h3-6,10-11,14,17H,7-9,15H2,1-2H3. The minimum absolute atomic E-state index is 0.0399. The summed E-state index contributed by atoms with van der Waals surface area (Å²) < 4.78 is 26.5. The van der Waals surface area contributed by atoms with E-state index in [-0.39, 0.29) is 16.9 Å². The molecule has 0 bridgehead atoms. The molecule has 1 saturated heterocycles. The molecule has 1 fully saturated rings. The Kier molecular flexibility index (Phi) is 4.49. The second-order valence-electron chi connectivity index (χ2n) is 5.55. The topological polar surface area (TPSA) is 83.6 Å². The van der Waals surface area contributed by atoms with Gasteiger partial charge in [0.25, 0.3) is 0 Å². The van der Waals surface area contributed by atoms with Gasteiger partial charge in [-0.2, -0.15) is 4.31 Å². The molecule has 0 aliphatic carbocycles. The Hall–Kier alpha value is -0.950. The van der Waals surface area contributed by atoms with Gasteiger partial charge in [-0.3, -0.25) is 0 Å². The van der Waals surface area contributed by atoms with Gasteiger partial charge in [0.1, 0.15) is 0 Å². The van der Waals surface area contributed by atoms with E-state index in [2.05, 4.69) is 0 Å². The van der Waals surface area contributed by atoms with E-state index in [0.29, 0.717) is 19.5 Å². The van der Waals surface area contributed by atoms with Crippen LogP contribution in [0.5, 0.6) is 0 Å². The predicted molar refractivity (Wildman–Crippen MR) is 77.6 cm³/mol. The molecule has 3 unspecified atom stereocenters. The Bertz CT molecular complexity index is 554. The second-order valence-corrected chi connectivity index (χ2v) is 7.49. The molecule has 0 saturated carbocycles. The van der Waals surface area contributed by atoms with Crippen LogP contribution < -0.4 is 5.73 Å². The third kappa shape index (κ3) is 3.03. The Morgan fingerprint density at radius 2 is 1.95 bits per heavy atom. The lowest BCUT2D eigenvalue weighted by molar-refractivity contribution is 0.0628. The molecule has 5 nitrogen and oxygen atoms in total. The summed E-state index contributed by atoms with van der Waals surface area (Å²) in [6, 6.07) is 6.59. The third-order valence-electron chi connectivity index (χ3n) is 3.87. The Labute approximate surface area is 120 Å². The fourth-order valence-electron chi connectivity index (χ4n) is 2.41. The molecule has 3 atom stereocenters. The first-order valence-electron chi connectivity index (χ1n) is 6.86. The molecular formula is C14H22N2O3S. The van der Waals surface area contributed by atoms with Crippen molar-refractivity contribution in [3.63, 3.8) is 0 Å². The molecule has 3 N–H and O–H groups in total. The summed E-state index contributed by atoms with van der Waals surface area (Å²) >= 11 is 0. The van der Waals surface area contributed by atoms with E-state index in [4.69, 9.17) is 5.73 Å². The number of sulfonamides is 1. The summed E-state index contributed by atoms with van der Waals surface area (Å²) in [7, 11) is -3.48. The molecule has 0 radical (unpaired) electrons. The van der Waals surface area contributed by atoms with Crippen molar-refractivity contribution in [1.29, 1.82) is 0 Å². The maximum Gasteiger partial charge on any atom is 0.243 e. The molecule has 1 aromatic rings. The zero-order chi connectivity index (χ0) is 14.9. The van der Waals surface area contributed by atoms with Crippen molar-refractivity contribution >= 4 is 10.0 Å². The van der Waals surface area contributed by atoms with E-state index in [9.17, 15) is 13.5 Å². The molecule has 2 rings (SSSR count). The van der Waals surface area contributed by atoms with Gasteiger partial charge >= 0.3 is 0 Å². The SMILES string of the molecule is CC(N)c1ccc(S(=O)(=O)N2CCC(O)C(C)C2)cc1. The molecule has 1 aliphatic rings. The maximum absolute atomic E-state index is 12.5. The molecule has 1 aromatic carbocycles. The summed E-state index contributed by atoms with van der Waals surface area (Å²) in [6.45, 7) is 4.45. The number of rotatable bonds is 3. The summed E-state index contributed by atoms with van der Waals surface area (Å²) in [4.78, 5) is 0.283. The molecule has 6 heteroatoms. The van der Waals surface area contributed by atoms with Crippen molar-refractivity contribution in [1.82, 2.24) is 4.31 Å². The highest BCUT2D eigenvalue weighted by atomic mass is 32.2. The third-order valence-corrected chi connectivity index (χ3v) is 5.75. The first kappa shape index (κ1) is 15.4. The number of aliphatic hydroxyl groups is 1. The summed E-state index contributed by atoms with van der Waals surface area (Å²) in [6.07, 6.45) is 0.0695. The monoisotopic (exact) mass is 298 g/mol. The zero-order valence-corrected chi connectivity index (χ0v) is 12.7. The minimum atomic E-state index is -3.48. The largest absolute Gasteiger partial charge is 0.393 e. The first-order chi connectivity index (χ1) is 9.32. The van der Waals surface area contributed by atoms with Crippen molar-refractivity contribution in [2.45, 2.75) is 37.3 Å². The van der Waals surface area contributed by atoms with Crippen molar-refractivity contribution in [3.05, 3.63) is 29.8 Å². The van der Waals surface area contributed by atoms with Crippen LogP contribution in [0.1, 0.15) is 31.9 Å². The molecule has 0 aromatic heterocycles. The van der Waals surface area contributed by atoms with Crippen LogP contribution in [0.4, 0.5) is 0 Å². The van der Waals surface area contributed by atoms with Crippen molar-refractivity contribution < 1.29 is 13.5 Å². The number of nitrogens with two attached hydrogens (primary N) is 1. The number of benzene rings is 1. The van der Waals surface area contributed by atoms with E-state index >= 15 is 0 Å². The van der Waals surface area contributed by atoms with Crippen LogP contribution in [0.25, 0.3) is 0 Å². The van der Waals surface area contributed by atoms with E-state index in [1.807, 2.05) is 13.8 Å². The summed E-state index contributed by atoms with van der Waals surface area (Å²) in [5.41, 5.74) is 6.67. The van der Waals surface area contributed by atoms with Crippen LogP contribution >= 0.6 is 0 Å². The Morgan fingerprint density at radius 3 is 2.45 bits per heavy atom. The van der Waals surface area contributed by atoms with Crippen LogP contribution in [0.2, 0.25) is 0 Å². The highest BCUT2D eigenvalue weighted by molar-refractivity contribution is 7.89. The number of hydrogen-bond acceptors (Lipinski definition) is 4. The molecule has 0 amide bonds. The van der Waals surface area contributed by atoms with Crippen LogP contribution in [0, 0.1) is 5.92 Å². The van der Waals surface area contributed by atoms with Gasteiger partial charge in [-0.1, -0.05) is 19.1 Å². The minimum Gasteiger partial charge on any atom is -0.393 e. The highest BCUT2D eigenvalue weighted by Gasteiger charge is 2.32. The van der Waals surface area contributed by atoms with Gasteiger partial charge in [0, 0.05) is 19.1 Å². The van der Waals surface area contributed by atoms with Crippen LogP contribution in [0.15, 0.2) is 29.2 Å². The number of piperidine rings is 1. The molecular weight excluding hydrogens is 276 g/mol. The zero-order valence-electron chi connectivity index (χ0n) is 11.9. The van der Waals surface area contributed by atoms with Gasteiger partial charge < -0.3 is 10.8 Å². The Balaban J connectivity index is 2.22. The Morgan fingerprint density at radius 1 is 1.35 bits per heavy atom. The quantitative estimate of drug-likeness (QED) is 0.875. The van der Waals surface area contributed by atoms with Crippen molar-refractivity contribution in [2.24, 2.45) is 11.7 Å². The molecule has 1 aliphatic heterocycles. The number of hydrogen-bond donors (Lipinski definition) is 2. The van der Waals surface area contributed by atoms with Crippen LogP contribution in [0.3, 0.4) is 0 Å². The normalized spacial score (nSPS) is 26.4. The average molecular weight is 298 g/mol. The van der Waals surface area contributed by atoms with Gasteiger partial charge in [-0.25, -0.2) is 8.42 Å². The number of nitrogens with zero attached hydrogens (tertiary/aromatic N) is 1. The molecule has 112 valence electrons. The van der Waals surface area contributed by atoms with Crippen molar-refractivity contribution in [2.75, 3.05) is 13.1 Å². The second kappa shape index (κ2) is 5.81. The van der Waals surface area contributed by atoms with Gasteiger partial charge in [0.2, 0.25) is 10.0 Å². The lowest BCUT2D eigenvalue weighted by Crippen LogP contribution is -2.44. The highest BCUT2D eigenvalue weighted by Crippen LogP contribution is 2.24. The van der Waals surface area contributed by atoms with Gasteiger partial charge in [-0.05, 0) is 37.0 Å². The molecule has 0 spiro atoms. The average Bonchev–Trinajstić information content (AvgIpc) is 2.41. The smallest absolute Gasteiger partial charge is 0.243 e.